The van der Waals surface area contributed by atoms with Crippen LogP contribution < -0.4 is 14.5 Å². The van der Waals surface area contributed by atoms with Gasteiger partial charge in [-0.3, -0.25) is 29.3 Å². The molecule has 3 aromatic rings. The molecule has 0 saturated carbocycles. The number of nitrogens with zero attached hydrogens (tertiary/aromatic N) is 4. The van der Waals surface area contributed by atoms with Crippen LogP contribution in [0.4, 0.5) is 17.1 Å². The maximum Gasteiger partial charge on any atom is 0.273 e. The Morgan fingerprint density at radius 2 is 1.84 bits per heavy atom. The molecule has 0 fully saturated rings. The molecule has 3 aromatic carbocycles. The first-order valence-electron chi connectivity index (χ1n) is 10.6. The minimum Gasteiger partial charge on any atom is -0.495 e. The highest BCUT2D eigenvalue weighted by molar-refractivity contribution is 7.92. The number of hydrogen-bond donors (Lipinski definition) is 1. The van der Waals surface area contributed by atoms with Crippen molar-refractivity contribution in [1.29, 1.82) is 0 Å². The van der Waals surface area contributed by atoms with E-state index in [9.17, 15) is 33.4 Å². The van der Waals surface area contributed by atoms with Crippen LogP contribution in [0.3, 0.4) is 0 Å². The van der Waals surface area contributed by atoms with E-state index in [0.717, 1.165) is 12.3 Å². The van der Waals surface area contributed by atoms with Gasteiger partial charge in [-0.05, 0) is 31.2 Å². The van der Waals surface area contributed by atoms with Crippen molar-refractivity contribution < 1.29 is 27.8 Å². The monoisotopic (exact) mass is 561 g/mol. The fourth-order valence-electron chi connectivity index (χ4n) is 3.29. The summed E-state index contributed by atoms with van der Waals surface area (Å²) >= 11 is 6.09. The Bertz CT molecular complexity index is 1540. The van der Waals surface area contributed by atoms with Crippen LogP contribution >= 0.6 is 11.6 Å². The number of non-ortho nitro benzene ring substituents is 1. The van der Waals surface area contributed by atoms with Crippen LogP contribution in [0.2, 0.25) is 5.02 Å². The lowest BCUT2D eigenvalue weighted by Gasteiger charge is -2.25. The first kappa shape index (κ1) is 28.0. The first-order valence-corrected chi connectivity index (χ1v) is 12.4. The molecule has 3 rings (SSSR count). The Morgan fingerprint density at radius 3 is 2.50 bits per heavy atom. The summed E-state index contributed by atoms with van der Waals surface area (Å²) in [5.41, 5.74) is 2.02. The van der Waals surface area contributed by atoms with Crippen LogP contribution in [0.25, 0.3) is 0 Å². The van der Waals surface area contributed by atoms with Crippen molar-refractivity contribution in [3.05, 3.63) is 97.0 Å². The van der Waals surface area contributed by atoms with Crippen LogP contribution in [0.15, 0.2) is 70.7 Å². The Labute approximate surface area is 221 Å². The third kappa shape index (κ3) is 6.41. The molecule has 0 aliphatic rings. The Hall–Kier alpha value is -4.56. The summed E-state index contributed by atoms with van der Waals surface area (Å²) in [7, 11) is -3.27. The van der Waals surface area contributed by atoms with Gasteiger partial charge in [-0.2, -0.15) is 5.10 Å². The van der Waals surface area contributed by atoms with Crippen LogP contribution in [0.5, 0.6) is 5.75 Å². The summed E-state index contributed by atoms with van der Waals surface area (Å²) in [5, 5.41) is 26.2. The van der Waals surface area contributed by atoms with Gasteiger partial charge >= 0.3 is 0 Å². The number of methoxy groups -OCH3 is 1. The highest BCUT2D eigenvalue weighted by Gasteiger charge is 2.31. The molecule has 0 saturated heterocycles. The molecular weight excluding hydrogens is 542 g/mol. The second-order valence-electron chi connectivity index (χ2n) is 7.68. The number of ether oxygens (including phenoxy) is 1. The van der Waals surface area contributed by atoms with Crippen molar-refractivity contribution in [1.82, 2.24) is 5.43 Å². The maximum atomic E-state index is 13.7. The zero-order valence-corrected chi connectivity index (χ0v) is 21.5. The molecule has 15 heteroatoms. The summed E-state index contributed by atoms with van der Waals surface area (Å²) in [6, 6.07) is 12.9. The Morgan fingerprint density at radius 1 is 1.11 bits per heavy atom. The van der Waals surface area contributed by atoms with Crippen LogP contribution in [-0.4, -0.2) is 44.0 Å². The van der Waals surface area contributed by atoms with E-state index >= 15 is 0 Å². The largest absolute Gasteiger partial charge is 0.495 e. The lowest BCUT2D eigenvalue weighted by molar-refractivity contribution is -0.385. The van der Waals surface area contributed by atoms with Crippen LogP contribution in [0, 0.1) is 27.2 Å². The summed E-state index contributed by atoms with van der Waals surface area (Å²) in [4.78, 5) is 33.3. The first-order chi connectivity index (χ1) is 17.9. The predicted octanol–water partition coefficient (Wildman–Crippen LogP) is 3.82. The SMILES string of the molecule is COc1ccc(Cl)cc1N(CC(=O)N/N=C\c1cccc([N+](=O)[O-])c1)S(=O)(=O)c1ccc(C)c([N+](=O)[O-])c1. The Kier molecular flexibility index (Phi) is 8.60. The number of carbonyl (C=O) groups is 1. The minimum absolute atomic E-state index is 0.0625. The van der Waals surface area contributed by atoms with Gasteiger partial charge in [0.2, 0.25) is 0 Å². The topological polar surface area (TPSA) is 174 Å². The van der Waals surface area contributed by atoms with Gasteiger partial charge in [0.1, 0.15) is 12.3 Å². The lowest BCUT2D eigenvalue weighted by atomic mass is 10.2. The van der Waals surface area contributed by atoms with Crippen molar-refractivity contribution in [3.63, 3.8) is 0 Å². The standard InChI is InChI=1S/C23H20ClN5O8S/c1-15-6-8-19(12-20(15)29(33)34)38(35,36)27(21-11-17(24)7-9-22(21)37-2)14-23(30)26-25-13-16-4-3-5-18(10-16)28(31)32/h3-13H,14H2,1-2H3,(H,26,30)/b25-13-. The number of nitro benzene ring substituents is 2. The molecule has 0 bridgehead atoms. The number of anilines is 1. The van der Waals surface area contributed by atoms with Crippen molar-refractivity contribution in [2.45, 2.75) is 11.8 Å². The van der Waals surface area contributed by atoms with Gasteiger partial charge in [-0.15, -0.1) is 0 Å². The molecule has 0 aromatic heterocycles. The van der Waals surface area contributed by atoms with E-state index in [4.69, 9.17) is 16.3 Å². The molecule has 0 radical (unpaired) electrons. The summed E-state index contributed by atoms with van der Waals surface area (Å²) in [6.07, 6.45) is 1.15. The molecule has 0 unspecified atom stereocenters. The fourth-order valence-corrected chi connectivity index (χ4v) is 4.90. The zero-order valence-electron chi connectivity index (χ0n) is 19.9. The molecule has 13 nitrogen and oxygen atoms in total. The number of amides is 1. The number of hydrogen-bond acceptors (Lipinski definition) is 9. The van der Waals surface area contributed by atoms with E-state index < -0.39 is 42.9 Å². The molecule has 38 heavy (non-hydrogen) atoms. The number of halogens is 1. The normalized spacial score (nSPS) is 11.2. The summed E-state index contributed by atoms with van der Waals surface area (Å²) in [5.74, 6) is -0.827. The fraction of sp³-hybridized carbons (Fsp3) is 0.130. The smallest absolute Gasteiger partial charge is 0.273 e. The highest BCUT2D eigenvalue weighted by Crippen LogP contribution is 2.35. The second-order valence-corrected chi connectivity index (χ2v) is 9.98. The average Bonchev–Trinajstić information content (AvgIpc) is 2.87. The van der Waals surface area contributed by atoms with Gasteiger partial charge in [0.05, 0.1) is 33.8 Å². The number of carbonyl (C=O) groups excluding carboxylic acids is 1. The third-order valence-corrected chi connectivity index (χ3v) is 7.14. The van der Waals surface area contributed by atoms with Gasteiger partial charge in [0.25, 0.3) is 27.3 Å². The molecule has 0 heterocycles. The minimum atomic E-state index is -4.56. The summed E-state index contributed by atoms with van der Waals surface area (Å²) in [6.45, 7) is 0.645. The van der Waals surface area contributed by atoms with Crippen LogP contribution in [0.1, 0.15) is 11.1 Å². The molecule has 0 atom stereocenters. The van der Waals surface area contributed by atoms with Gasteiger partial charge in [-0.25, -0.2) is 13.8 Å². The lowest BCUT2D eigenvalue weighted by Crippen LogP contribution is -2.39. The van der Waals surface area contributed by atoms with Gasteiger partial charge in [0, 0.05) is 34.3 Å². The Balaban J connectivity index is 1.98. The van der Waals surface area contributed by atoms with Crippen molar-refractivity contribution >= 4 is 50.8 Å². The molecule has 0 spiro atoms. The van der Waals surface area contributed by atoms with Crippen LogP contribution in [-0.2, 0) is 14.8 Å². The number of aryl methyl sites for hydroxylation is 1. The second kappa shape index (κ2) is 11.7. The van der Waals surface area contributed by atoms with E-state index in [-0.39, 0.29) is 27.7 Å². The van der Waals surface area contributed by atoms with E-state index in [2.05, 4.69) is 10.5 Å². The number of rotatable bonds is 10. The van der Waals surface area contributed by atoms with Crippen molar-refractivity contribution in [3.8, 4) is 5.75 Å². The molecule has 0 aliphatic heterocycles. The number of nitro groups is 2. The van der Waals surface area contributed by atoms with Crippen molar-refractivity contribution in [2.24, 2.45) is 5.10 Å². The van der Waals surface area contributed by atoms with Gasteiger partial charge < -0.3 is 4.74 Å². The number of hydrazone groups is 1. The molecule has 198 valence electrons. The van der Waals surface area contributed by atoms with E-state index in [1.165, 1.54) is 68.6 Å². The van der Waals surface area contributed by atoms with E-state index in [1.54, 1.807) is 0 Å². The van der Waals surface area contributed by atoms with E-state index in [1.807, 2.05) is 0 Å². The molecule has 1 N–H and O–H groups in total. The van der Waals surface area contributed by atoms with E-state index in [0.29, 0.717) is 9.87 Å². The summed E-state index contributed by atoms with van der Waals surface area (Å²) < 4.78 is 33.2. The number of benzene rings is 3. The average molecular weight is 562 g/mol. The third-order valence-electron chi connectivity index (χ3n) is 5.15. The molecule has 1 amide bonds. The van der Waals surface area contributed by atoms with Crippen molar-refractivity contribution in [2.75, 3.05) is 18.0 Å². The number of sulfonamides is 1. The molecule has 0 aliphatic carbocycles. The molecular formula is C23H20ClN5O8S. The highest BCUT2D eigenvalue weighted by atomic mass is 35.5. The van der Waals surface area contributed by atoms with Gasteiger partial charge in [-0.1, -0.05) is 29.8 Å². The predicted molar refractivity (Wildman–Crippen MR) is 139 cm³/mol. The van der Waals surface area contributed by atoms with Gasteiger partial charge in [0.15, 0.2) is 0 Å². The quantitative estimate of drug-likeness (QED) is 0.221. The zero-order chi connectivity index (χ0) is 28.0. The maximum absolute atomic E-state index is 13.7. The number of nitrogens with one attached hydrogen (secondary N) is 1.